The smallest absolute Gasteiger partial charge is 0.0884 e. The van der Waals surface area contributed by atoms with Gasteiger partial charge in [0.2, 0.25) is 0 Å². The number of nitrogens with zero attached hydrogens (tertiary/aromatic N) is 1. The van der Waals surface area contributed by atoms with Gasteiger partial charge in [-0.3, -0.25) is 4.98 Å². The minimum absolute atomic E-state index is 0.403. The zero-order valence-electron chi connectivity index (χ0n) is 8.43. The van der Waals surface area contributed by atoms with Crippen LogP contribution < -0.4 is 0 Å². The van der Waals surface area contributed by atoms with Gasteiger partial charge in [-0.25, -0.2) is 0 Å². The van der Waals surface area contributed by atoms with E-state index in [0.29, 0.717) is 32.6 Å². The minimum atomic E-state index is 0.403. The summed E-state index contributed by atoms with van der Waals surface area (Å²) >= 11 is 18.1. The van der Waals surface area contributed by atoms with E-state index < -0.39 is 0 Å². The van der Waals surface area contributed by atoms with Gasteiger partial charge in [0.1, 0.15) is 0 Å². The molecule has 1 heterocycles. The van der Waals surface area contributed by atoms with Crippen molar-refractivity contribution in [3.8, 4) is 0 Å². The molecule has 0 saturated heterocycles. The van der Waals surface area contributed by atoms with Crippen LogP contribution in [0, 0.1) is 0 Å². The molecule has 0 aliphatic carbocycles. The van der Waals surface area contributed by atoms with Gasteiger partial charge in [0, 0.05) is 17.5 Å². The number of rotatable bonds is 2. The highest BCUT2D eigenvalue weighted by Crippen LogP contribution is 2.32. The minimum Gasteiger partial charge on any atom is -0.378 e. The summed E-state index contributed by atoms with van der Waals surface area (Å²) in [7, 11) is 1.60. The van der Waals surface area contributed by atoms with Gasteiger partial charge in [-0.1, -0.05) is 34.8 Å². The first kappa shape index (κ1) is 11.9. The van der Waals surface area contributed by atoms with E-state index in [1.54, 1.807) is 25.3 Å². The van der Waals surface area contributed by atoms with Crippen LogP contribution in [0.25, 0.3) is 10.9 Å². The molecular weight excluding hydrogens is 268 g/mol. The Morgan fingerprint density at radius 2 is 1.81 bits per heavy atom. The van der Waals surface area contributed by atoms with E-state index in [0.717, 1.165) is 5.69 Å². The third kappa shape index (κ3) is 2.25. The summed E-state index contributed by atoms with van der Waals surface area (Å²) in [4.78, 5) is 4.37. The number of ether oxygens (including phenoxy) is 1. The van der Waals surface area contributed by atoms with Crippen molar-refractivity contribution in [3.63, 3.8) is 0 Å². The normalized spacial score (nSPS) is 11.0. The van der Waals surface area contributed by atoms with E-state index in [9.17, 15) is 0 Å². The Hall–Kier alpha value is -0.540. The fraction of sp³-hybridized carbons (Fsp3) is 0.182. The summed E-state index contributed by atoms with van der Waals surface area (Å²) in [6, 6.07) is 5.12. The molecule has 1 aromatic carbocycles. The second-order valence-corrected chi connectivity index (χ2v) is 4.56. The molecule has 0 N–H and O–H groups in total. The van der Waals surface area contributed by atoms with Crippen molar-refractivity contribution in [2.45, 2.75) is 6.61 Å². The van der Waals surface area contributed by atoms with Crippen molar-refractivity contribution < 1.29 is 4.74 Å². The number of fused-ring (bicyclic) bond motifs is 1. The van der Waals surface area contributed by atoms with Gasteiger partial charge in [0.15, 0.2) is 0 Å². The molecule has 5 heteroatoms. The summed E-state index contributed by atoms with van der Waals surface area (Å²) in [5.41, 5.74) is 1.43. The summed E-state index contributed by atoms with van der Waals surface area (Å²) in [5.74, 6) is 0. The molecule has 0 unspecified atom stereocenters. The maximum Gasteiger partial charge on any atom is 0.0884 e. The lowest BCUT2D eigenvalue weighted by Gasteiger charge is -2.06. The average Bonchev–Trinajstić information content (AvgIpc) is 2.15. The van der Waals surface area contributed by atoms with E-state index in [1.165, 1.54) is 0 Å². The summed E-state index contributed by atoms with van der Waals surface area (Å²) < 4.78 is 5.01. The van der Waals surface area contributed by atoms with Gasteiger partial charge >= 0.3 is 0 Å². The molecule has 0 radical (unpaired) electrons. The Morgan fingerprint density at radius 1 is 1.12 bits per heavy atom. The van der Waals surface area contributed by atoms with Gasteiger partial charge in [-0.15, -0.1) is 0 Å². The Labute approximate surface area is 108 Å². The first-order valence-electron chi connectivity index (χ1n) is 4.55. The SMILES string of the molecule is COCc1cc(Cl)c2c(Cl)cc(Cl)cc2n1. The lowest BCUT2D eigenvalue weighted by Crippen LogP contribution is -1.93. The second-order valence-electron chi connectivity index (χ2n) is 3.31. The molecule has 0 amide bonds. The van der Waals surface area contributed by atoms with E-state index >= 15 is 0 Å². The van der Waals surface area contributed by atoms with E-state index in [-0.39, 0.29) is 0 Å². The van der Waals surface area contributed by atoms with Crippen LogP contribution in [0.5, 0.6) is 0 Å². The number of hydrogen-bond acceptors (Lipinski definition) is 2. The molecule has 0 atom stereocenters. The molecule has 2 rings (SSSR count). The predicted octanol–water partition coefficient (Wildman–Crippen LogP) is 4.34. The third-order valence-electron chi connectivity index (χ3n) is 2.12. The van der Waals surface area contributed by atoms with Crippen LogP contribution in [-0.2, 0) is 11.3 Å². The molecule has 2 aromatic rings. The van der Waals surface area contributed by atoms with Gasteiger partial charge in [0.25, 0.3) is 0 Å². The van der Waals surface area contributed by atoms with Crippen LogP contribution in [0.2, 0.25) is 15.1 Å². The van der Waals surface area contributed by atoms with Crippen molar-refractivity contribution in [1.82, 2.24) is 4.98 Å². The summed E-state index contributed by atoms with van der Waals surface area (Å²) in [6.07, 6.45) is 0. The van der Waals surface area contributed by atoms with E-state index in [4.69, 9.17) is 39.5 Å². The summed E-state index contributed by atoms with van der Waals surface area (Å²) in [6.45, 7) is 0.403. The van der Waals surface area contributed by atoms with Crippen molar-refractivity contribution in [2.75, 3.05) is 7.11 Å². The van der Waals surface area contributed by atoms with Gasteiger partial charge in [0.05, 0.1) is 27.9 Å². The lowest BCUT2D eigenvalue weighted by atomic mass is 10.2. The molecule has 1 aromatic heterocycles. The topological polar surface area (TPSA) is 22.1 Å². The highest BCUT2D eigenvalue weighted by atomic mass is 35.5. The molecule has 2 nitrogen and oxygen atoms in total. The van der Waals surface area contributed by atoms with Crippen molar-refractivity contribution in [1.29, 1.82) is 0 Å². The number of halogens is 3. The maximum absolute atomic E-state index is 6.13. The number of hydrogen-bond donors (Lipinski definition) is 0. The molecule has 16 heavy (non-hydrogen) atoms. The predicted molar refractivity (Wildman–Crippen MR) is 67.5 cm³/mol. The van der Waals surface area contributed by atoms with E-state index in [2.05, 4.69) is 4.98 Å². The fourth-order valence-electron chi connectivity index (χ4n) is 1.51. The fourth-order valence-corrected chi connectivity index (χ4v) is 2.47. The van der Waals surface area contributed by atoms with Crippen LogP contribution in [0.1, 0.15) is 5.69 Å². The maximum atomic E-state index is 6.13. The molecule has 0 spiro atoms. The zero-order valence-corrected chi connectivity index (χ0v) is 10.7. The first-order chi connectivity index (χ1) is 7.61. The molecule has 0 bridgehead atoms. The van der Waals surface area contributed by atoms with Crippen LogP contribution >= 0.6 is 34.8 Å². The molecule has 0 aliphatic heterocycles. The number of pyridine rings is 1. The standard InChI is InChI=1S/C11H8Cl3NO/c1-16-5-7-4-9(14)11-8(13)2-6(12)3-10(11)15-7/h2-4H,5H2,1H3. The molecule has 0 fully saturated rings. The van der Waals surface area contributed by atoms with Crippen molar-refractivity contribution >= 4 is 45.7 Å². The molecular formula is C11H8Cl3NO. The van der Waals surface area contributed by atoms with Crippen LogP contribution in [0.4, 0.5) is 0 Å². The van der Waals surface area contributed by atoms with Crippen LogP contribution in [0.3, 0.4) is 0 Å². The molecule has 0 aliphatic rings. The number of benzene rings is 1. The van der Waals surface area contributed by atoms with Crippen LogP contribution in [0.15, 0.2) is 18.2 Å². The first-order valence-corrected chi connectivity index (χ1v) is 5.68. The molecule has 0 saturated carbocycles. The van der Waals surface area contributed by atoms with Gasteiger partial charge in [-0.05, 0) is 18.2 Å². The number of aromatic nitrogens is 1. The van der Waals surface area contributed by atoms with Crippen molar-refractivity contribution in [3.05, 3.63) is 39.0 Å². The highest BCUT2D eigenvalue weighted by Gasteiger charge is 2.09. The molecule has 84 valence electrons. The second kappa shape index (κ2) is 4.76. The Bertz CT molecular complexity index is 542. The average molecular weight is 277 g/mol. The van der Waals surface area contributed by atoms with E-state index in [1.807, 2.05) is 0 Å². The quantitative estimate of drug-likeness (QED) is 0.814. The monoisotopic (exact) mass is 275 g/mol. The Balaban J connectivity index is 2.71. The zero-order chi connectivity index (χ0) is 11.7. The van der Waals surface area contributed by atoms with Gasteiger partial charge < -0.3 is 4.74 Å². The lowest BCUT2D eigenvalue weighted by molar-refractivity contribution is 0.182. The third-order valence-corrected chi connectivity index (χ3v) is 2.94. The highest BCUT2D eigenvalue weighted by molar-refractivity contribution is 6.43. The Morgan fingerprint density at radius 3 is 2.50 bits per heavy atom. The summed E-state index contributed by atoms with van der Waals surface area (Å²) in [5, 5.41) is 2.31. The largest absolute Gasteiger partial charge is 0.378 e. The Kier molecular flexibility index (Phi) is 3.55. The number of methoxy groups -OCH3 is 1. The van der Waals surface area contributed by atoms with Crippen LogP contribution in [-0.4, -0.2) is 12.1 Å². The van der Waals surface area contributed by atoms with Gasteiger partial charge in [-0.2, -0.15) is 0 Å². The van der Waals surface area contributed by atoms with Crippen molar-refractivity contribution in [2.24, 2.45) is 0 Å².